The smallest absolute Gasteiger partial charge is 0.202 e. The predicted octanol–water partition coefficient (Wildman–Crippen LogP) is 4.24. The van der Waals surface area contributed by atoms with Gasteiger partial charge in [-0.25, -0.2) is 0 Å². The summed E-state index contributed by atoms with van der Waals surface area (Å²) in [6.45, 7) is 7.98. The third-order valence-corrected chi connectivity index (χ3v) is 6.17. The second-order valence-corrected chi connectivity index (χ2v) is 7.25. The Balaban J connectivity index is 2.07. The molecule has 0 radical (unpaired) electrons. The molecule has 4 heteroatoms. The van der Waals surface area contributed by atoms with E-state index >= 15 is 0 Å². The molecule has 3 aliphatic carbocycles. The molecule has 2 atom stereocenters. The molecule has 126 valence electrons. The van der Waals surface area contributed by atoms with Crippen LogP contribution in [0.3, 0.4) is 0 Å². The standard InChI is InChI=1S/C20H24N2O2/c1-9-11(3)18(12(4)10(2)17(9)21)22-19(23)15-13-5-6-14(8-7-13)16(15)20(22)24/h5-6,13-14,23-24H,7-8,21H2,1-4H3/t13-,14+. The molecule has 0 aliphatic heterocycles. The van der Waals surface area contributed by atoms with Crippen LogP contribution in [0, 0.1) is 27.7 Å². The molecule has 4 nitrogen and oxygen atoms in total. The highest BCUT2D eigenvalue weighted by atomic mass is 16.3. The van der Waals surface area contributed by atoms with Gasteiger partial charge in [-0.1, -0.05) is 12.2 Å². The van der Waals surface area contributed by atoms with Crippen LogP contribution in [0.4, 0.5) is 5.69 Å². The molecule has 0 fully saturated rings. The van der Waals surface area contributed by atoms with Gasteiger partial charge in [0.2, 0.25) is 11.8 Å². The van der Waals surface area contributed by atoms with Gasteiger partial charge in [0.05, 0.1) is 5.69 Å². The first kappa shape index (κ1) is 15.2. The molecule has 2 aromatic rings. The minimum atomic E-state index is 0.177. The number of benzene rings is 1. The van der Waals surface area contributed by atoms with Gasteiger partial charge in [0, 0.05) is 28.7 Å². The van der Waals surface area contributed by atoms with E-state index in [1.54, 1.807) is 4.57 Å². The molecular weight excluding hydrogens is 300 g/mol. The van der Waals surface area contributed by atoms with Crippen LogP contribution in [0.5, 0.6) is 11.8 Å². The Hall–Kier alpha value is -2.36. The van der Waals surface area contributed by atoms with Gasteiger partial charge < -0.3 is 15.9 Å². The number of hydrogen-bond acceptors (Lipinski definition) is 3. The number of nitrogens with zero attached hydrogens (tertiary/aromatic N) is 1. The Morgan fingerprint density at radius 2 is 1.25 bits per heavy atom. The number of aromatic hydroxyl groups is 2. The molecule has 0 unspecified atom stereocenters. The highest BCUT2D eigenvalue weighted by Gasteiger charge is 2.38. The Morgan fingerprint density at radius 1 is 0.833 bits per heavy atom. The van der Waals surface area contributed by atoms with Crippen molar-refractivity contribution in [2.75, 3.05) is 5.73 Å². The zero-order chi connectivity index (χ0) is 17.3. The molecule has 0 saturated carbocycles. The minimum absolute atomic E-state index is 0.177. The fourth-order valence-electron chi connectivity index (χ4n) is 4.48. The van der Waals surface area contributed by atoms with Crippen molar-refractivity contribution < 1.29 is 10.2 Å². The van der Waals surface area contributed by atoms with Gasteiger partial charge in [0.25, 0.3) is 0 Å². The fourth-order valence-corrected chi connectivity index (χ4v) is 4.48. The van der Waals surface area contributed by atoms with Crippen molar-refractivity contribution >= 4 is 5.69 Å². The van der Waals surface area contributed by atoms with Crippen LogP contribution in [0.1, 0.15) is 58.1 Å². The van der Waals surface area contributed by atoms with E-state index in [0.717, 1.165) is 57.6 Å². The lowest BCUT2D eigenvalue weighted by atomic mass is 9.73. The van der Waals surface area contributed by atoms with Crippen molar-refractivity contribution in [1.29, 1.82) is 0 Å². The largest absolute Gasteiger partial charge is 0.494 e. The monoisotopic (exact) mass is 324 g/mol. The van der Waals surface area contributed by atoms with Crippen LogP contribution in [0.2, 0.25) is 0 Å². The van der Waals surface area contributed by atoms with Crippen LogP contribution >= 0.6 is 0 Å². The molecule has 3 aliphatic rings. The summed E-state index contributed by atoms with van der Waals surface area (Å²) < 4.78 is 1.63. The van der Waals surface area contributed by atoms with Gasteiger partial charge in [0.15, 0.2) is 0 Å². The Kier molecular flexibility index (Phi) is 3.05. The van der Waals surface area contributed by atoms with Crippen molar-refractivity contribution in [1.82, 2.24) is 4.57 Å². The Morgan fingerprint density at radius 3 is 1.62 bits per heavy atom. The summed E-state index contributed by atoms with van der Waals surface area (Å²) >= 11 is 0. The highest BCUT2D eigenvalue weighted by molar-refractivity contribution is 5.70. The molecule has 5 rings (SSSR count). The van der Waals surface area contributed by atoms with E-state index in [4.69, 9.17) is 5.73 Å². The van der Waals surface area contributed by atoms with Crippen LogP contribution in [-0.4, -0.2) is 14.8 Å². The van der Waals surface area contributed by atoms with Gasteiger partial charge >= 0.3 is 0 Å². The average Bonchev–Trinajstić information content (AvgIpc) is 2.87. The summed E-state index contributed by atoms with van der Waals surface area (Å²) in [7, 11) is 0. The van der Waals surface area contributed by atoms with E-state index in [2.05, 4.69) is 12.2 Å². The van der Waals surface area contributed by atoms with E-state index < -0.39 is 0 Å². The number of rotatable bonds is 1. The van der Waals surface area contributed by atoms with Gasteiger partial charge in [-0.3, -0.25) is 4.57 Å². The van der Waals surface area contributed by atoms with Gasteiger partial charge in [-0.05, 0) is 62.8 Å². The lowest BCUT2D eigenvalue weighted by Crippen LogP contribution is -2.15. The predicted molar refractivity (Wildman–Crippen MR) is 96.3 cm³/mol. The van der Waals surface area contributed by atoms with E-state index in [-0.39, 0.29) is 23.6 Å². The first-order valence-corrected chi connectivity index (χ1v) is 8.55. The zero-order valence-corrected chi connectivity index (χ0v) is 14.6. The second kappa shape index (κ2) is 4.82. The number of nitrogen functional groups attached to an aromatic ring is 1. The molecule has 1 aromatic carbocycles. The van der Waals surface area contributed by atoms with Gasteiger partial charge in [-0.2, -0.15) is 0 Å². The molecule has 0 spiro atoms. The van der Waals surface area contributed by atoms with E-state index in [9.17, 15) is 10.2 Å². The number of anilines is 1. The summed E-state index contributed by atoms with van der Waals surface area (Å²) in [5.41, 5.74) is 13.6. The number of hydrogen-bond donors (Lipinski definition) is 3. The summed E-state index contributed by atoms with van der Waals surface area (Å²) in [6, 6.07) is 0. The maximum atomic E-state index is 11.0. The lowest BCUT2D eigenvalue weighted by molar-refractivity contribution is 0.398. The third-order valence-electron chi connectivity index (χ3n) is 6.17. The number of fused-ring (bicyclic) bond motifs is 1. The highest BCUT2D eigenvalue weighted by Crippen LogP contribution is 2.54. The molecule has 4 N–H and O–H groups in total. The molecule has 0 saturated heterocycles. The topological polar surface area (TPSA) is 71.4 Å². The molecule has 2 bridgehead atoms. The maximum absolute atomic E-state index is 11.0. The summed E-state index contributed by atoms with van der Waals surface area (Å²) in [5, 5.41) is 21.9. The van der Waals surface area contributed by atoms with E-state index in [1.807, 2.05) is 27.7 Å². The van der Waals surface area contributed by atoms with Crippen LogP contribution in [0.25, 0.3) is 5.69 Å². The average molecular weight is 324 g/mol. The van der Waals surface area contributed by atoms with Crippen LogP contribution in [0.15, 0.2) is 12.2 Å². The fraction of sp³-hybridized carbons (Fsp3) is 0.400. The SMILES string of the molecule is Cc1c(C)c(-n2c(O)c3c(c2O)[C@H]2C=C[C@@H]3CC2)c(C)c(C)c1N. The summed E-state index contributed by atoms with van der Waals surface area (Å²) in [5.74, 6) is 0.759. The normalized spacial score (nSPS) is 21.3. The van der Waals surface area contributed by atoms with E-state index in [1.165, 1.54) is 0 Å². The third kappa shape index (κ3) is 1.68. The van der Waals surface area contributed by atoms with Crippen LogP contribution in [-0.2, 0) is 0 Å². The lowest BCUT2D eigenvalue weighted by Gasteiger charge is -2.30. The molecular formula is C20H24N2O2. The van der Waals surface area contributed by atoms with Crippen LogP contribution < -0.4 is 5.73 Å². The van der Waals surface area contributed by atoms with Crippen molar-refractivity contribution in [2.24, 2.45) is 0 Å². The minimum Gasteiger partial charge on any atom is -0.494 e. The first-order valence-electron chi connectivity index (χ1n) is 8.55. The number of nitrogens with two attached hydrogens (primary N) is 1. The second-order valence-electron chi connectivity index (χ2n) is 7.25. The van der Waals surface area contributed by atoms with Gasteiger partial charge in [-0.15, -0.1) is 0 Å². The van der Waals surface area contributed by atoms with Gasteiger partial charge in [0.1, 0.15) is 0 Å². The Labute approximate surface area is 142 Å². The van der Waals surface area contributed by atoms with Crippen molar-refractivity contribution in [3.05, 3.63) is 45.5 Å². The molecule has 1 heterocycles. The summed E-state index contributed by atoms with van der Waals surface area (Å²) in [4.78, 5) is 0. The number of aromatic nitrogens is 1. The molecule has 1 aromatic heterocycles. The first-order chi connectivity index (χ1) is 11.3. The zero-order valence-electron chi connectivity index (χ0n) is 14.6. The maximum Gasteiger partial charge on any atom is 0.202 e. The molecule has 24 heavy (non-hydrogen) atoms. The van der Waals surface area contributed by atoms with Crippen molar-refractivity contribution in [3.8, 4) is 17.4 Å². The Bertz CT molecular complexity index is 839. The summed E-state index contributed by atoms with van der Waals surface area (Å²) in [6.07, 6.45) is 6.39. The molecule has 0 amide bonds. The van der Waals surface area contributed by atoms with Crippen molar-refractivity contribution in [3.63, 3.8) is 0 Å². The van der Waals surface area contributed by atoms with E-state index in [0.29, 0.717) is 0 Å². The quantitative estimate of drug-likeness (QED) is 0.543. The number of allylic oxidation sites excluding steroid dienone is 2. The van der Waals surface area contributed by atoms with Crippen molar-refractivity contribution in [2.45, 2.75) is 52.4 Å².